The third kappa shape index (κ3) is 4.79. The number of benzene rings is 1. The maximum absolute atomic E-state index is 12.5. The van der Waals surface area contributed by atoms with Crippen molar-refractivity contribution >= 4 is 34.8 Å². The Kier molecular flexibility index (Phi) is 6.49. The number of ether oxygens (including phenoxy) is 1. The number of hydrogen-bond acceptors (Lipinski definition) is 5. The number of carbonyl (C=O) groups is 2. The molecule has 0 atom stereocenters. The third-order valence-corrected chi connectivity index (χ3v) is 5.48. The van der Waals surface area contributed by atoms with E-state index in [2.05, 4.69) is 10.4 Å². The van der Waals surface area contributed by atoms with Crippen molar-refractivity contribution in [3.63, 3.8) is 0 Å². The molecule has 6 nitrogen and oxygen atoms in total. The standard InChI is InChI=1S/C20H20ClN3O3S/c1-13-19(14(2)24(23-13)11-15-6-3-4-8-17(15)21)20(26)27-12-18(25)22-10-16-7-5-9-28-16/h3-9H,10-12H2,1-2H3,(H,22,25). The fraction of sp³-hybridized carbons (Fsp3) is 0.250. The summed E-state index contributed by atoms with van der Waals surface area (Å²) >= 11 is 7.76. The van der Waals surface area contributed by atoms with Gasteiger partial charge in [0, 0.05) is 9.90 Å². The molecule has 0 bridgehead atoms. The summed E-state index contributed by atoms with van der Waals surface area (Å²) in [5, 5.41) is 9.73. The van der Waals surface area contributed by atoms with Gasteiger partial charge in [-0.15, -0.1) is 11.3 Å². The molecule has 1 N–H and O–H groups in total. The zero-order valence-electron chi connectivity index (χ0n) is 15.6. The van der Waals surface area contributed by atoms with Crippen LogP contribution >= 0.6 is 22.9 Å². The Hall–Kier alpha value is -2.64. The molecule has 3 aromatic rings. The van der Waals surface area contributed by atoms with Crippen molar-refractivity contribution in [2.24, 2.45) is 0 Å². The highest BCUT2D eigenvalue weighted by molar-refractivity contribution is 7.09. The molecule has 0 saturated carbocycles. The Morgan fingerprint density at radius 3 is 2.71 bits per heavy atom. The van der Waals surface area contributed by atoms with Crippen molar-refractivity contribution < 1.29 is 14.3 Å². The van der Waals surface area contributed by atoms with Crippen LogP contribution < -0.4 is 5.32 Å². The summed E-state index contributed by atoms with van der Waals surface area (Å²) in [4.78, 5) is 25.4. The number of esters is 1. The monoisotopic (exact) mass is 417 g/mol. The topological polar surface area (TPSA) is 73.2 Å². The minimum absolute atomic E-state index is 0.335. The lowest BCUT2D eigenvalue weighted by atomic mass is 10.2. The number of nitrogens with one attached hydrogen (secondary N) is 1. The lowest BCUT2D eigenvalue weighted by Crippen LogP contribution is -2.28. The second-order valence-electron chi connectivity index (χ2n) is 6.23. The normalized spacial score (nSPS) is 10.7. The molecule has 0 aliphatic carbocycles. The molecule has 8 heteroatoms. The first-order valence-corrected chi connectivity index (χ1v) is 9.95. The SMILES string of the molecule is Cc1nn(Cc2ccccc2Cl)c(C)c1C(=O)OCC(=O)NCc1cccs1. The predicted octanol–water partition coefficient (Wildman–Crippen LogP) is 3.74. The molecule has 0 saturated heterocycles. The molecule has 0 radical (unpaired) electrons. The minimum Gasteiger partial charge on any atom is -0.452 e. The number of hydrogen-bond donors (Lipinski definition) is 1. The zero-order valence-corrected chi connectivity index (χ0v) is 17.1. The van der Waals surface area contributed by atoms with Crippen LogP contribution in [-0.4, -0.2) is 28.3 Å². The molecule has 28 heavy (non-hydrogen) atoms. The van der Waals surface area contributed by atoms with Crippen molar-refractivity contribution in [3.8, 4) is 0 Å². The molecular formula is C20H20ClN3O3S. The van der Waals surface area contributed by atoms with Crippen LogP contribution in [0.5, 0.6) is 0 Å². The lowest BCUT2D eigenvalue weighted by Gasteiger charge is -2.08. The highest BCUT2D eigenvalue weighted by atomic mass is 35.5. The van der Waals surface area contributed by atoms with Gasteiger partial charge >= 0.3 is 5.97 Å². The highest BCUT2D eigenvalue weighted by Crippen LogP contribution is 2.20. The van der Waals surface area contributed by atoms with E-state index >= 15 is 0 Å². The summed E-state index contributed by atoms with van der Waals surface area (Å²) in [7, 11) is 0. The van der Waals surface area contributed by atoms with Crippen LogP contribution in [0.1, 0.15) is 32.2 Å². The van der Waals surface area contributed by atoms with Gasteiger partial charge < -0.3 is 10.1 Å². The summed E-state index contributed by atoms with van der Waals surface area (Å²) in [6.45, 7) is 4.06. The van der Waals surface area contributed by atoms with Gasteiger partial charge in [0.2, 0.25) is 0 Å². The average molecular weight is 418 g/mol. The van der Waals surface area contributed by atoms with Gasteiger partial charge in [0.05, 0.1) is 24.5 Å². The van der Waals surface area contributed by atoms with E-state index in [1.54, 1.807) is 29.9 Å². The van der Waals surface area contributed by atoms with Crippen molar-refractivity contribution in [1.82, 2.24) is 15.1 Å². The second kappa shape index (κ2) is 9.03. The number of carbonyl (C=O) groups excluding carboxylic acids is 2. The molecule has 3 rings (SSSR count). The van der Waals surface area contributed by atoms with Gasteiger partial charge in [0.15, 0.2) is 6.61 Å². The van der Waals surface area contributed by atoms with Gasteiger partial charge in [-0.1, -0.05) is 35.9 Å². The average Bonchev–Trinajstić information content (AvgIpc) is 3.28. The first-order valence-electron chi connectivity index (χ1n) is 8.69. The fourth-order valence-corrected chi connectivity index (χ4v) is 3.63. The summed E-state index contributed by atoms with van der Waals surface area (Å²) in [6, 6.07) is 11.3. The number of halogens is 1. The molecular weight excluding hydrogens is 398 g/mol. The Bertz CT molecular complexity index is 983. The van der Waals surface area contributed by atoms with Crippen LogP contribution in [0.15, 0.2) is 41.8 Å². The Morgan fingerprint density at radius 1 is 1.21 bits per heavy atom. The quantitative estimate of drug-likeness (QED) is 0.594. The molecule has 2 heterocycles. The van der Waals surface area contributed by atoms with Gasteiger partial charge in [-0.05, 0) is 36.9 Å². The molecule has 0 aliphatic rings. The molecule has 0 fully saturated rings. The van der Waals surface area contributed by atoms with Gasteiger partial charge in [-0.25, -0.2) is 4.79 Å². The van der Waals surface area contributed by atoms with E-state index in [9.17, 15) is 9.59 Å². The van der Waals surface area contributed by atoms with Crippen molar-refractivity contribution in [2.45, 2.75) is 26.9 Å². The molecule has 0 aliphatic heterocycles. The smallest absolute Gasteiger partial charge is 0.342 e. The van der Waals surface area contributed by atoms with Crippen LogP contribution in [-0.2, 0) is 22.6 Å². The Labute approximate surface area is 172 Å². The van der Waals surface area contributed by atoms with E-state index in [-0.39, 0.29) is 12.5 Å². The molecule has 1 amide bonds. The molecule has 0 spiro atoms. The number of aromatic nitrogens is 2. The number of nitrogens with zero attached hydrogens (tertiary/aromatic N) is 2. The molecule has 146 valence electrons. The van der Waals surface area contributed by atoms with Crippen LogP contribution in [0.25, 0.3) is 0 Å². The van der Waals surface area contributed by atoms with Crippen LogP contribution in [0.2, 0.25) is 5.02 Å². The van der Waals surface area contributed by atoms with E-state index in [0.29, 0.717) is 35.1 Å². The highest BCUT2D eigenvalue weighted by Gasteiger charge is 2.21. The number of rotatable bonds is 7. The minimum atomic E-state index is -0.563. The first-order chi connectivity index (χ1) is 13.5. The van der Waals surface area contributed by atoms with E-state index in [1.165, 1.54) is 0 Å². The summed E-state index contributed by atoms with van der Waals surface area (Å²) in [5.74, 6) is -0.910. The van der Waals surface area contributed by atoms with Crippen LogP contribution in [0, 0.1) is 13.8 Å². The molecule has 2 aromatic heterocycles. The van der Waals surface area contributed by atoms with E-state index in [4.69, 9.17) is 16.3 Å². The van der Waals surface area contributed by atoms with Crippen molar-refractivity contribution in [3.05, 3.63) is 74.2 Å². The third-order valence-electron chi connectivity index (χ3n) is 4.24. The van der Waals surface area contributed by atoms with Gasteiger partial charge in [0.25, 0.3) is 5.91 Å². The zero-order chi connectivity index (χ0) is 20.1. The predicted molar refractivity (Wildman–Crippen MR) is 109 cm³/mol. The number of thiophene rings is 1. The van der Waals surface area contributed by atoms with E-state index in [1.807, 2.05) is 41.8 Å². The van der Waals surface area contributed by atoms with Crippen LogP contribution in [0.4, 0.5) is 0 Å². The van der Waals surface area contributed by atoms with E-state index < -0.39 is 5.97 Å². The lowest BCUT2D eigenvalue weighted by molar-refractivity contribution is -0.124. The second-order valence-corrected chi connectivity index (χ2v) is 7.67. The van der Waals surface area contributed by atoms with Crippen molar-refractivity contribution in [1.29, 1.82) is 0 Å². The first kappa shape index (κ1) is 20.1. The number of amides is 1. The Morgan fingerprint density at radius 2 is 2.00 bits per heavy atom. The summed E-state index contributed by atoms with van der Waals surface area (Å²) < 4.78 is 6.89. The maximum Gasteiger partial charge on any atom is 0.342 e. The fourth-order valence-electron chi connectivity index (χ4n) is 2.79. The number of aryl methyl sites for hydroxylation is 1. The largest absolute Gasteiger partial charge is 0.452 e. The molecule has 1 aromatic carbocycles. The van der Waals surface area contributed by atoms with E-state index in [0.717, 1.165) is 10.4 Å². The summed E-state index contributed by atoms with van der Waals surface area (Å²) in [5.41, 5.74) is 2.50. The van der Waals surface area contributed by atoms with Gasteiger partial charge in [-0.2, -0.15) is 5.10 Å². The van der Waals surface area contributed by atoms with Crippen molar-refractivity contribution in [2.75, 3.05) is 6.61 Å². The Balaban J connectivity index is 1.61. The summed E-state index contributed by atoms with van der Waals surface area (Å²) in [6.07, 6.45) is 0. The van der Waals surface area contributed by atoms with Gasteiger partial charge in [0.1, 0.15) is 5.56 Å². The van der Waals surface area contributed by atoms with Crippen LogP contribution in [0.3, 0.4) is 0 Å². The molecule has 0 unspecified atom stereocenters. The van der Waals surface area contributed by atoms with Gasteiger partial charge in [-0.3, -0.25) is 9.48 Å². The maximum atomic E-state index is 12.5.